The molecule has 0 aromatic rings. The van der Waals surface area contributed by atoms with E-state index in [0.29, 0.717) is 11.0 Å². The van der Waals surface area contributed by atoms with Crippen molar-refractivity contribution in [2.24, 2.45) is 23.0 Å². The molecule has 0 amide bonds. The number of likely N-dealkylation sites (tertiary alicyclic amines) is 1. The summed E-state index contributed by atoms with van der Waals surface area (Å²) < 4.78 is 0. The molecular formula is C19H38N2. The van der Waals surface area contributed by atoms with Crippen LogP contribution in [0, 0.1) is 17.3 Å². The molecule has 2 aliphatic rings. The molecule has 0 spiro atoms. The maximum Gasteiger partial charge on any atom is 0.0331 e. The molecule has 2 fully saturated rings. The zero-order chi connectivity index (χ0) is 15.5. The van der Waals surface area contributed by atoms with E-state index in [1.165, 1.54) is 64.5 Å². The molecule has 21 heavy (non-hydrogen) atoms. The van der Waals surface area contributed by atoms with Gasteiger partial charge in [-0.15, -0.1) is 0 Å². The van der Waals surface area contributed by atoms with Crippen LogP contribution < -0.4 is 5.73 Å². The van der Waals surface area contributed by atoms with Crippen molar-refractivity contribution in [3.05, 3.63) is 0 Å². The van der Waals surface area contributed by atoms with Crippen molar-refractivity contribution in [3.63, 3.8) is 0 Å². The van der Waals surface area contributed by atoms with Gasteiger partial charge in [0, 0.05) is 18.6 Å². The molecule has 3 unspecified atom stereocenters. The van der Waals surface area contributed by atoms with Crippen LogP contribution in [-0.4, -0.2) is 30.1 Å². The maximum absolute atomic E-state index is 6.32. The van der Waals surface area contributed by atoms with Crippen molar-refractivity contribution in [3.8, 4) is 0 Å². The second kappa shape index (κ2) is 7.00. The van der Waals surface area contributed by atoms with Crippen LogP contribution in [0.3, 0.4) is 0 Å². The Balaban J connectivity index is 2.02. The molecule has 1 aliphatic carbocycles. The largest absolute Gasteiger partial charge is 0.329 e. The van der Waals surface area contributed by atoms with E-state index in [0.717, 1.165) is 18.4 Å². The van der Waals surface area contributed by atoms with Gasteiger partial charge in [-0.3, -0.25) is 4.90 Å². The van der Waals surface area contributed by atoms with Gasteiger partial charge in [0.25, 0.3) is 0 Å². The van der Waals surface area contributed by atoms with Gasteiger partial charge >= 0.3 is 0 Å². The third-order valence-corrected chi connectivity index (χ3v) is 6.41. The molecule has 2 N–H and O–H groups in total. The lowest BCUT2D eigenvalue weighted by Gasteiger charge is -2.41. The van der Waals surface area contributed by atoms with Crippen molar-refractivity contribution in [1.82, 2.24) is 4.90 Å². The summed E-state index contributed by atoms with van der Waals surface area (Å²) in [5.74, 6) is 1.81. The minimum absolute atomic E-state index is 0.322. The lowest BCUT2D eigenvalue weighted by Crippen LogP contribution is -2.52. The first-order chi connectivity index (χ1) is 9.91. The van der Waals surface area contributed by atoms with Crippen molar-refractivity contribution in [2.45, 2.75) is 84.6 Å². The summed E-state index contributed by atoms with van der Waals surface area (Å²) in [6.07, 6.45) is 10.9. The average molecular weight is 295 g/mol. The first-order valence-corrected chi connectivity index (χ1v) is 9.36. The SMILES string of the molecule is CCCC1CCN(C2(CN)CCCC(C(C)(C)C)CC2)C1. The third-order valence-electron chi connectivity index (χ3n) is 6.41. The zero-order valence-electron chi connectivity index (χ0n) is 15.0. The minimum atomic E-state index is 0.322. The summed E-state index contributed by atoms with van der Waals surface area (Å²) >= 11 is 0. The normalized spacial score (nSPS) is 35.9. The van der Waals surface area contributed by atoms with Gasteiger partial charge in [0.15, 0.2) is 0 Å². The first kappa shape index (κ1) is 17.3. The fraction of sp³-hybridized carbons (Fsp3) is 1.00. The predicted octanol–water partition coefficient (Wildman–Crippen LogP) is 4.43. The topological polar surface area (TPSA) is 29.3 Å². The highest BCUT2D eigenvalue weighted by molar-refractivity contribution is 4.98. The number of nitrogens with two attached hydrogens (primary N) is 1. The molecule has 1 heterocycles. The molecule has 124 valence electrons. The Labute approximate surface area is 132 Å². The molecular weight excluding hydrogens is 256 g/mol. The van der Waals surface area contributed by atoms with Gasteiger partial charge in [-0.05, 0) is 62.3 Å². The highest BCUT2D eigenvalue weighted by atomic mass is 15.2. The summed E-state index contributed by atoms with van der Waals surface area (Å²) in [5, 5.41) is 0. The molecule has 2 rings (SSSR count). The molecule has 0 bridgehead atoms. The van der Waals surface area contributed by atoms with Crippen LogP contribution in [0.2, 0.25) is 0 Å². The van der Waals surface area contributed by atoms with Crippen LogP contribution in [0.15, 0.2) is 0 Å². The molecule has 2 heteroatoms. The van der Waals surface area contributed by atoms with Crippen molar-refractivity contribution < 1.29 is 0 Å². The van der Waals surface area contributed by atoms with Crippen LogP contribution in [0.5, 0.6) is 0 Å². The van der Waals surface area contributed by atoms with E-state index in [4.69, 9.17) is 5.73 Å². The first-order valence-electron chi connectivity index (χ1n) is 9.36. The van der Waals surface area contributed by atoms with Crippen molar-refractivity contribution >= 4 is 0 Å². The van der Waals surface area contributed by atoms with E-state index in [2.05, 4.69) is 32.6 Å². The van der Waals surface area contributed by atoms with Crippen LogP contribution in [0.1, 0.15) is 79.1 Å². The van der Waals surface area contributed by atoms with Gasteiger partial charge in [0.2, 0.25) is 0 Å². The maximum atomic E-state index is 6.32. The smallest absolute Gasteiger partial charge is 0.0331 e. The van der Waals surface area contributed by atoms with E-state index < -0.39 is 0 Å². The van der Waals surface area contributed by atoms with Crippen molar-refractivity contribution in [1.29, 1.82) is 0 Å². The Morgan fingerprint density at radius 3 is 2.52 bits per heavy atom. The summed E-state index contributed by atoms with van der Waals surface area (Å²) in [4.78, 5) is 2.79. The molecule has 1 saturated heterocycles. The Kier molecular flexibility index (Phi) is 5.76. The van der Waals surface area contributed by atoms with E-state index in [-0.39, 0.29) is 0 Å². The quantitative estimate of drug-likeness (QED) is 0.777. The van der Waals surface area contributed by atoms with Gasteiger partial charge in [-0.25, -0.2) is 0 Å². The van der Waals surface area contributed by atoms with Crippen LogP contribution >= 0.6 is 0 Å². The number of nitrogens with zero attached hydrogens (tertiary/aromatic N) is 1. The fourth-order valence-corrected chi connectivity index (χ4v) is 4.81. The zero-order valence-corrected chi connectivity index (χ0v) is 15.0. The standard InChI is InChI=1S/C19H38N2/c1-5-7-16-10-13-21(14-16)19(15-20)11-6-8-17(9-12-19)18(2,3)4/h16-17H,5-15,20H2,1-4H3. The third kappa shape index (κ3) is 4.01. The second-order valence-corrected chi connectivity index (χ2v) is 8.81. The highest BCUT2D eigenvalue weighted by Gasteiger charge is 2.41. The fourth-order valence-electron chi connectivity index (χ4n) is 4.81. The predicted molar refractivity (Wildman–Crippen MR) is 92.4 cm³/mol. The van der Waals surface area contributed by atoms with E-state index >= 15 is 0 Å². The van der Waals surface area contributed by atoms with Gasteiger partial charge in [-0.2, -0.15) is 0 Å². The van der Waals surface area contributed by atoms with Crippen LogP contribution in [0.25, 0.3) is 0 Å². The van der Waals surface area contributed by atoms with Gasteiger partial charge in [0.1, 0.15) is 0 Å². The molecule has 0 aromatic heterocycles. The van der Waals surface area contributed by atoms with Crippen LogP contribution in [-0.2, 0) is 0 Å². The van der Waals surface area contributed by atoms with Gasteiger partial charge < -0.3 is 5.73 Å². The summed E-state index contributed by atoms with van der Waals surface area (Å²) in [7, 11) is 0. The monoisotopic (exact) mass is 294 g/mol. The van der Waals surface area contributed by atoms with Crippen molar-refractivity contribution in [2.75, 3.05) is 19.6 Å². The van der Waals surface area contributed by atoms with Gasteiger partial charge in [-0.1, -0.05) is 40.5 Å². The number of hydrogen-bond donors (Lipinski definition) is 1. The summed E-state index contributed by atoms with van der Waals surface area (Å²) in [5.41, 5.74) is 7.10. The Morgan fingerprint density at radius 2 is 1.90 bits per heavy atom. The lowest BCUT2D eigenvalue weighted by molar-refractivity contribution is 0.0957. The molecule has 2 nitrogen and oxygen atoms in total. The van der Waals surface area contributed by atoms with E-state index in [1.807, 2.05) is 0 Å². The highest BCUT2D eigenvalue weighted by Crippen LogP contribution is 2.43. The Hall–Kier alpha value is -0.0800. The Bertz CT molecular complexity index is 320. The molecule has 1 saturated carbocycles. The van der Waals surface area contributed by atoms with Gasteiger partial charge in [0.05, 0.1) is 0 Å². The average Bonchev–Trinajstić information content (AvgIpc) is 2.77. The molecule has 0 aromatic carbocycles. The van der Waals surface area contributed by atoms with E-state index in [1.54, 1.807) is 0 Å². The van der Waals surface area contributed by atoms with Crippen LogP contribution in [0.4, 0.5) is 0 Å². The molecule has 1 aliphatic heterocycles. The second-order valence-electron chi connectivity index (χ2n) is 8.81. The lowest BCUT2D eigenvalue weighted by atomic mass is 9.76. The Morgan fingerprint density at radius 1 is 1.14 bits per heavy atom. The molecule has 3 atom stereocenters. The summed E-state index contributed by atoms with van der Waals surface area (Å²) in [6.45, 7) is 13.0. The molecule has 0 radical (unpaired) electrons. The minimum Gasteiger partial charge on any atom is -0.329 e. The number of rotatable bonds is 4. The number of hydrogen-bond acceptors (Lipinski definition) is 2. The summed E-state index contributed by atoms with van der Waals surface area (Å²) in [6, 6.07) is 0. The van der Waals surface area contributed by atoms with E-state index in [9.17, 15) is 0 Å².